The van der Waals surface area contributed by atoms with E-state index in [0.717, 1.165) is 0 Å². The van der Waals surface area contributed by atoms with Gasteiger partial charge in [0.1, 0.15) is 5.75 Å². The lowest BCUT2D eigenvalue weighted by Crippen LogP contribution is -2.06. The third-order valence-corrected chi connectivity index (χ3v) is 6.13. The maximum atomic E-state index is 13.0. The molecular weight excluding hydrogens is 496 g/mol. The number of allylic oxidation sites excluding steroid dienone is 1. The van der Waals surface area contributed by atoms with Crippen LogP contribution in [0.2, 0.25) is 0 Å². The summed E-state index contributed by atoms with van der Waals surface area (Å²) in [5.41, 5.74) is 1.88. The van der Waals surface area contributed by atoms with Gasteiger partial charge in [-0.15, -0.1) is 0 Å². The minimum absolute atomic E-state index is 0.0695. The van der Waals surface area contributed by atoms with Gasteiger partial charge in [-0.2, -0.15) is 0 Å². The van der Waals surface area contributed by atoms with Gasteiger partial charge in [0.05, 0.1) is 34.0 Å². The number of rotatable bonds is 8. The van der Waals surface area contributed by atoms with Gasteiger partial charge in [-0.25, -0.2) is 4.79 Å². The fourth-order valence-corrected chi connectivity index (χ4v) is 4.32. The molecule has 0 spiro atoms. The van der Waals surface area contributed by atoms with Crippen LogP contribution in [0, 0.1) is 0 Å². The molecule has 10 heteroatoms. The molecular formula is C28H24O10. The molecule has 0 aromatic heterocycles. The first-order chi connectivity index (χ1) is 18.5. The zero-order valence-electron chi connectivity index (χ0n) is 21.1. The highest BCUT2D eigenvalue weighted by Gasteiger charge is 2.35. The maximum absolute atomic E-state index is 13.0. The number of esters is 1. The van der Waals surface area contributed by atoms with Gasteiger partial charge in [0.15, 0.2) is 28.8 Å². The molecule has 3 aromatic rings. The molecule has 3 aromatic carbocycles. The standard InChI is InChI=1S/C28H24O10/c1-31-17-8-5-15(6-9-17)19(29)10-7-16-11-20(32-2)24-26(37-13-35-24)22(16)23-18(28(30)34-4)12-21(33-3)25-27(23)38-14-36-25/h5-12H,13-14H2,1-4H3/b10-7+. The number of hydrogen-bond donors (Lipinski definition) is 0. The summed E-state index contributed by atoms with van der Waals surface area (Å²) in [5, 5.41) is 0. The lowest BCUT2D eigenvalue weighted by Gasteiger charge is -2.18. The van der Waals surface area contributed by atoms with Crippen LogP contribution in [0.3, 0.4) is 0 Å². The molecule has 0 saturated carbocycles. The van der Waals surface area contributed by atoms with Crippen LogP contribution in [0.25, 0.3) is 17.2 Å². The maximum Gasteiger partial charge on any atom is 0.338 e. The summed E-state index contributed by atoms with van der Waals surface area (Å²) in [7, 11) is 5.78. The Kier molecular flexibility index (Phi) is 6.69. The molecule has 0 aliphatic carbocycles. The largest absolute Gasteiger partial charge is 0.497 e. The Morgan fingerprint density at radius 3 is 1.89 bits per heavy atom. The molecule has 0 saturated heterocycles. The van der Waals surface area contributed by atoms with Gasteiger partial charge in [0.25, 0.3) is 0 Å². The molecule has 0 radical (unpaired) electrons. The van der Waals surface area contributed by atoms with E-state index in [1.807, 2.05) is 0 Å². The molecule has 0 N–H and O–H groups in total. The molecule has 0 bridgehead atoms. The fraction of sp³-hybridized carbons (Fsp3) is 0.214. The molecule has 2 heterocycles. The highest BCUT2D eigenvalue weighted by atomic mass is 16.7. The van der Waals surface area contributed by atoms with E-state index in [1.54, 1.807) is 43.5 Å². The van der Waals surface area contributed by atoms with Crippen molar-refractivity contribution in [1.29, 1.82) is 0 Å². The van der Waals surface area contributed by atoms with E-state index in [0.29, 0.717) is 56.8 Å². The number of benzene rings is 3. The van der Waals surface area contributed by atoms with E-state index >= 15 is 0 Å². The highest BCUT2D eigenvalue weighted by Crippen LogP contribution is 2.56. The summed E-state index contributed by atoms with van der Waals surface area (Å²) < 4.78 is 44.2. The first-order valence-corrected chi connectivity index (χ1v) is 11.5. The number of ether oxygens (including phenoxy) is 8. The third-order valence-electron chi connectivity index (χ3n) is 6.13. The second-order valence-corrected chi connectivity index (χ2v) is 8.09. The lowest BCUT2D eigenvalue weighted by atomic mass is 9.91. The monoisotopic (exact) mass is 520 g/mol. The minimum atomic E-state index is -0.635. The van der Waals surface area contributed by atoms with E-state index in [2.05, 4.69) is 0 Å². The van der Waals surface area contributed by atoms with Crippen LogP contribution in [0.15, 0.2) is 42.5 Å². The number of methoxy groups -OCH3 is 4. The summed E-state index contributed by atoms with van der Waals surface area (Å²) >= 11 is 0. The second kappa shape index (κ2) is 10.3. The lowest BCUT2D eigenvalue weighted by molar-refractivity contribution is 0.0600. The van der Waals surface area contributed by atoms with Crippen LogP contribution < -0.4 is 33.2 Å². The van der Waals surface area contributed by atoms with Crippen molar-refractivity contribution in [2.24, 2.45) is 0 Å². The van der Waals surface area contributed by atoms with E-state index < -0.39 is 5.97 Å². The van der Waals surface area contributed by atoms with Gasteiger partial charge in [-0.05, 0) is 48.0 Å². The fourth-order valence-electron chi connectivity index (χ4n) is 4.32. The molecule has 196 valence electrons. The van der Waals surface area contributed by atoms with Gasteiger partial charge in [-0.3, -0.25) is 4.79 Å². The van der Waals surface area contributed by atoms with E-state index in [-0.39, 0.29) is 30.7 Å². The summed E-state index contributed by atoms with van der Waals surface area (Å²) in [5.74, 6) is 1.70. The predicted molar refractivity (Wildman–Crippen MR) is 135 cm³/mol. The van der Waals surface area contributed by atoms with Gasteiger partial charge >= 0.3 is 5.97 Å². The van der Waals surface area contributed by atoms with Gasteiger partial charge in [0, 0.05) is 16.7 Å². The minimum Gasteiger partial charge on any atom is -0.497 e. The van der Waals surface area contributed by atoms with E-state index in [1.165, 1.54) is 33.5 Å². The molecule has 0 atom stereocenters. The average Bonchev–Trinajstić information content (AvgIpc) is 3.65. The molecule has 38 heavy (non-hydrogen) atoms. The predicted octanol–water partition coefficient (Wildman–Crippen LogP) is 4.52. The van der Waals surface area contributed by atoms with E-state index in [9.17, 15) is 9.59 Å². The van der Waals surface area contributed by atoms with E-state index in [4.69, 9.17) is 37.9 Å². The van der Waals surface area contributed by atoms with Crippen LogP contribution >= 0.6 is 0 Å². The average molecular weight is 520 g/mol. The van der Waals surface area contributed by atoms with Gasteiger partial charge in [-0.1, -0.05) is 6.08 Å². The van der Waals surface area contributed by atoms with Crippen molar-refractivity contribution in [3.8, 4) is 51.4 Å². The number of fused-ring (bicyclic) bond motifs is 2. The zero-order valence-corrected chi connectivity index (χ0v) is 21.1. The zero-order chi connectivity index (χ0) is 26.8. The van der Waals surface area contributed by atoms with Crippen molar-refractivity contribution in [3.05, 3.63) is 59.2 Å². The normalized spacial score (nSPS) is 12.9. The highest BCUT2D eigenvalue weighted by molar-refractivity contribution is 6.09. The first-order valence-electron chi connectivity index (χ1n) is 11.5. The van der Waals surface area contributed by atoms with Crippen molar-refractivity contribution < 1.29 is 47.5 Å². The summed E-state index contributed by atoms with van der Waals surface area (Å²) in [6.45, 7) is -0.153. The molecule has 5 rings (SSSR count). The molecule has 0 fully saturated rings. The van der Waals surface area contributed by atoms with Crippen molar-refractivity contribution in [3.63, 3.8) is 0 Å². The summed E-state index contributed by atoms with van der Waals surface area (Å²) in [6.07, 6.45) is 3.03. The Morgan fingerprint density at radius 1 is 0.737 bits per heavy atom. The van der Waals surface area contributed by atoms with Crippen molar-refractivity contribution in [1.82, 2.24) is 0 Å². The molecule has 0 unspecified atom stereocenters. The van der Waals surface area contributed by atoms with Crippen LogP contribution in [0.1, 0.15) is 26.3 Å². The van der Waals surface area contributed by atoms with Crippen LogP contribution in [0.4, 0.5) is 0 Å². The molecule has 2 aliphatic heterocycles. The van der Waals surface area contributed by atoms with Crippen molar-refractivity contribution in [2.45, 2.75) is 0 Å². The number of carbonyl (C=O) groups excluding carboxylic acids is 2. The smallest absolute Gasteiger partial charge is 0.338 e. The van der Waals surface area contributed by atoms with Crippen molar-refractivity contribution >= 4 is 17.8 Å². The quantitative estimate of drug-likeness (QED) is 0.239. The number of ketones is 1. The van der Waals surface area contributed by atoms with Crippen LogP contribution in [-0.2, 0) is 4.74 Å². The van der Waals surface area contributed by atoms with Gasteiger partial charge < -0.3 is 37.9 Å². The van der Waals surface area contributed by atoms with Crippen molar-refractivity contribution in [2.75, 3.05) is 42.0 Å². The van der Waals surface area contributed by atoms with Gasteiger partial charge in [0.2, 0.25) is 25.1 Å². The third kappa shape index (κ3) is 4.19. The Hall–Kier alpha value is -4.86. The first kappa shape index (κ1) is 24.8. The molecule has 0 amide bonds. The molecule has 10 nitrogen and oxygen atoms in total. The SMILES string of the molecule is COC(=O)c1cc(OC)c2c(c1-c1c(/C=C/C(=O)c3ccc(OC)cc3)cc(OC)c3c1OCO3)OCO2. The topological polar surface area (TPSA) is 108 Å². The summed E-state index contributed by atoms with van der Waals surface area (Å²) in [4.78, 5) is 26.0. The van der Waals surface area contributed by atoms with Crippen LogP contribution in [0.5, 0.6) is 40.2 Å². The Morgan fingerprint density at radius 2 is 1.32 bits per heavy atom. The number of hydrogen-bond acceptors (Lipinski definition) is 10. The Bertz CT molecular complexity index is 1440. The Labute approximate surface area is 218 Å². The second-order valence-electron chi connectivity index (χ2n) is 8.09. The summed E-state index contributed by atoms with van der Waals surface area (Å²) in [6, 6.07) is 9.95. The van der Waals surface area contributed by atoms with Crippen LogP contribution in [-0.4, -0.2) is 53.8 Å². The number of carbonyl (C=O) groups is 2. The molecule has 2 aliphatic rings. The Balaban J connectivity index is 1.73.